The monoisotopic (exact) mass is 1680 g/mol. The van der Waals surface area contributed by atoms with Crippen LogP contribution in [0.4, 0.5) is 17.6 Å². The first-order chi connectivity index (χ1) is 61.9. The zero-order chi connectivity index (χ0) is 86.6. The van der Waals surface area contributed by atoms with E-state index >= 15 is 8.78 Å². The van der Waals surface area contributed by atoms with Gasteiger partial charge in [-0.3, -0.25) is 0 Å². The molecule has 616 valence electrons. The second-order valence-corrected chi connectivity index (χ2v) is 32.2. The molecule has 24 rings (SSSR count). The van der Waals surface area contributed by atoms with Gasteiger partial charge in [-0.05, 0) is 142 Å². The number of rotatable bonds is 10. The summed E-state index contributed by atoms with van der Waals surface area (Å²) in [7, 11) is 15.7. The van der Waals surface area contributed by atoms with Gasteiger partial charge in [0.2, 0.25) is 50.6 Å². The highest BCUT2D eigenvalue weighted by atomic mass is 19.1. The number of fused-ring (bicyclic) bond motifs is 11. The number of aromatic nitrogens is 19. The maximum atomic E-state index is 17.1. The molecule has 0 fully saturated rings. The van der Waals surface area contributed by atoms with Gasteiger partial charge in [0.15, 0.2) is 101 Å². The third-order valence-electron chi connectivity index (χ3n) is 24.1. The summed E-state index contributed by atoms with van der Waals surface area (Å²) in [6.07, 6.45) is 18.4. The first-order valence-corrected chi connectivity index (χ1v) is 41.7. The lowest BCUT2D eigenvalue weighted by atomic mass is 10.0. The molecule has 0 bridgehead atoms. The van der Waals surface area contributed by atoms with Crippen LogP contribution in [0.25, 0.3) is 172 Å². The van der Waals surface area contributed by atoms with Crippen molar-refractivity contribution in [2.75, 3.05) is 0 Å². The summed E-state index contributed by atoms with van der Waals surface area (Å²) in [5.74, 6) is -2.60. The summed E-state index contributed by atoms with van der Waals surface area (Å²) >= 11 is 0. The largest absolute Gasteiger partial charge is 0.304 e. The molecule has 0 aliphatic heterocycles. The van der Waals surface area contributed by atoms with Crippen LogP contribution in [-0.2, 0) is 56.4 Å². The number of imidazole rings is 6. The lowest BCUT2D eigenvalue weighted by Crippen LogP contribution is -2.34. The second-order valence-electron chi connectivity index (χ2n) is 32.2. The van der Waals surface area contributed by atoms with Crippen LogP contribution in [0, 0.1) is 23.3 Å². The molecule has 15 aromatic carbocycles. The summed E-state index contributed by atoms with van der Waals surface area (Å²) < 4.78 is 95.1. The number of nitrogens with zero attached hydrogens (tertiary/aromatic N) is 19. The van der Waals surface area contributed by atoms with Crippen molar-refractivity contribution >= 4 is 110 Å². The van der Waals surface area contributed by atoms with Crippen molar-refractivity contribution in [1.82, 2.24) is 51.5 Å². The highest BCUT2D eigenvalue weighted by molar-refractivity contribution is 6.09. The fourth-order valence-electron chi connectivity index (χ4n) is 17.9. The van der Waals surface area contributed by atoms with Crippen LogP contribution in [0.3, 0.4) is 0 Å². The molecule has 0 radical (unpaired) electrons. The fourth-order valence-corrected chi connectivity index (χ4v) is 17.9. The van der Waals surface area contributed by atoms with Crippen LogP contribution in [0.15, 0.2) is 373 Å². The molecule has 127 heavy (non-hydrogen) atoms. The van der Waals surface area contributed by atoms with Gasteiger partial charge in [-0.1, -0.05) is 170 Å². The fraction of sp³-hybridized carbons (Fsp3) is 0.0769. The van der Waals surface area contributed by atoms with Crippen molar-refractivity contribution < 1.29 is 54.1 Å². The molecule has 0 saturated heterocycles. The lowest BCUT2D eigenvalue weighted by molar-refractivity contribution is -0.645. The van der Waals surface area contributed by atoms with Crippen LogP contribution in [0.1, 0.15) is 0 Å². The minimum absolute atomic E-state index is 0.115. The van der Waals surface area contributed by atoms with E-state index in [1.165, 1.54) is 114 Å². The van der Waals surface area contributed by atoms with Crippen LogP contribution in [0.2, 0.25) is 0 Å². The molecular formula is C104H85F4N19+8. The highest BCUT2D eigenvalue weighted by Crippen LogP contribution is 2.40. The number of aryl methyl sites for hydroxylation is 8. The number of hydrogen-bond acceptors (Lipinski definition) is 2. The molecule has 0 atom stereocenters. The van der Waals surface area contributed by atoms with Gasteiger partial charge in [0, 0.05) is 51.3 Å². The average molecular weight is 1680 g/mol. The van der Waals surface area contributed by atoms with E-state index in [1.54, 1.807) is 46.5 Å². The number of para-hydroxylation sites is 10. The van der Waals surface area contributed by atoms with E-state index in [9.17, 15) is 8.78 Å². The van der Waals surface area contributed by atoms with Gasteiger partial charge in [-0.15, -0.1) is 9.36 Å². The van der Waals surface area contributed by atoms with Gasteiger partial charge in [-0.25, -0.2) is 45.3 Å². The van der Waals surface area contributed by atoms with Crippen molar-refractivity contribution in [3.8, 4) is 62.3 Å². The van der Waals surface area contributed by atoms with Crippen LogP contribution < -0.4 is 36.5 Å². The summed E-state index contributed by atoms with van der Waals surface area (Å²) in [6.45, 7) is 0. The van der Waals surface area contributed by atoms with Gasteiger partial charge in [0.25, 0.3) is 12.7 Å². The summed E-state index contributed by atoms with van der Waals surface area (Å²) in [6, 6.07) is 104. The number of halogens is 4. The van der Waals surface area contributed by atoms with E-state index in [0.717, 1.165) is 72.7 Å². The summed E-state index contributed by atoms with van der Waals surface area (Å²) in [5.41, 5.74) is 22.4. The van der Waals surface area contributed by atoms with Crippen LogP contribution in [-0.4, -0.2) is 51.5 Å². The third-order valence-corrected chi connectivity index (χ3v) is 24.1. The quantitative estimate of drug-likeness (QED) is 0.101. The molecule has 9 heterocycles. The second kappa shape index (κ2) is 31.4. The molecule has 0 saturated carbocycles. The average Bonchev–Trinajstić information content (AvgIpc) is 1.56. The van der Waals surface area contributed by atoms with Gasteiger partial charge in [-0.2, -0.15) is 36.2 Å². The molecule has 9 aromatic heterocycles. The number of benzene rings is 15. The Morgan fingerprint density at radius 1 is 0.252 bits per heavy atom. The van der Waals surface area contributed by atoms with E-state index in [-0.39, 0.29) is 28.4 Å². The third kappa shape index (κ3) is 13.7. The van der Waals surface area contributed by atoms with Crippen molar-refractivity contribution in [3.05, 3.63) is 396 Å². The van der Waals surface area contributed by atoms with Crippen molar-refractivity contribution in [1.29, 1.82) is 0 Å². The molecule has 24 aromatic rings. The Hall–Kier alpha value is -16.6. The standard InChI is InChI=1S/C34H25F2N5.C30H24N4.C28H24N4.C12H12F2N6/c1-37-20-39(28-17-9-7-15-26(28)37)30-19-31(40-21-38(2)27-16-8-10-18-29(27)40)33(36)34(32(30)35)41-24-13-5-3-11-22(24)23-12-4-6-14-25(23)41;1-31-19-33(29-16-23-10-5-3-8-21(23)14-27(29)31)25-12-7-13-26(18-25)34-20-32(2)28-15-22-9-4-6-11-24(22)17-30(28)34;1-29-19-31(27-14-8-6-12-25(27)29)23-16-22(21-10-4-3-5-11-21)17-24(18-23)32-20-30(2)26-13-7-9-15-28(26)32;1-17-7-19(5-15-17)11-4-12(10(14)3-9(11)13)20-6-16-18(2)8-20/h3-21H,1-2H3;3-20H,1-2H3;3-20H,1-2H3;3-8H,1-2H3/q4*+2. The summed E-state index contributed by atoms with van der Waals surface area (Å²) in [4.78, 5) is 0. The molecule has 0 N–H and O–H groups in total. The molecule has 19 nitrogen and oxygen atoms in total. The van der Waals surface area contributed by atoms with Crippen LogP contribution in [0.5, 0.6) is 0 Å². The van der Waals surface area contributed by atoms with Gasteiger partial charge in [0.05, 0.1) is 67.4 Å². The Labute approximate surface area is 725 Å². The predicted octanol–water partition coefficient (Wildman–Crippen LogP) is 17.0. The predicted molar refractivity (Wildman–Crippen MR) is 485 cm³/mol. The number of hydrogen-bond donors (Lipinski definition) is 0. The Balaban J connectivity index is 0.000000106. The first kappa shape index (κ1) is 77.7. The Kier molecular flexibility index (Phi) is 19.2. The minimum Gasteiger partial charge on any atom is -0.304 e. The van der Waals surface area contributed by atoms with Crippen molar-refractivity contribution in [2.24, 2.45) is 56.4 Å². The van der Waals surface area contributed by atoms with Gasteiger partial charge < -0.3 is 4.57 Å². The molecule has 0 unspecified atom stereocenters. The Bertz CT molecular complexity index is 8030. The van der Waals surface area contributed by atoms with Crippen molar-refractivity contribution in [2.45, 2.75) is 0 Å². The SMILES string of the molecule is C[n+]1cn(-c2cc(-c3ccccc3)cc(-n3c[n+](C)c4ccccc43)c2)c2ccccc21.C[n+]1cn(-c2cc(-n3c[n+](C)c4ccccc43)c(F)c(-n3c4ccccc4c4ccccc43)c2F)c2ccccc21.C[n+]1cn(-c2cccc(-n3c[n+](C)c4cc5ccccc5cc43)c2)c2cc3ccccc3cc21.Cn1c[n+](-c2cc(-[n+]3cnn(C)c3)c(F)cc2F)cn1. The van der Waals surface area contributed by atoms with E-state index in [1.807, 2.05) is 133 Å². The maximum absolute atomic E-state index is 17.1. The molecule has 0 spiro atoms. The van der Waals surface area contributed by atoms with E-state index < -0.39 is 23.3 Å². The molecule has 0 aliphatic carbocycles. The normalized spacial score (nSPS) is 11.6. The van der Waals surface area contributed by atoms with E-state index in [4.69, 9.17) is 0 Å². The molecule has 0 amide bonds. The summed E-state index contributed by atoms with van der Waals surface area (Å²) in [5, 5.41) is 14.8. The molecular weight excluding hydrogens is 1590 g/mol. The van der Waals surface area contributed by atoms with Crippen molar-refractivity contribution in [3.63, 3.8) is 0 Å². The van der Waals surface area contributed by atoms with E-state index in [2.05, 4.69) is 294 Å². The zero-order valence-corrected chi connectivity index (χ0v) is 70.7. The Morgan fingerprint density at radius 3 is 0.984 bits per heavy atom. The lowest BCUT2D eigenvalue weighted by Gasteiger charge is -2.14. The molecule has 23 heteroatoms. The van der Waals surface area contributed by atoms with E-state index in [0.29, 0.717) is 0 Å². The van der Waals surface area contributed by atoms with Crippen LogP contribution >= 0.6 is 0 Å². The maximum Gasteiger partial charge on any atom is 0.270 e. The highest BCUT2D eigenvalue weighted by Gasteiger charge is 2.33. The molecule has 0 aliphatic rings. The first-order valence-electron chi connectivity index (χ1n) is 41.7. The van der Waals surface area contributed by atoms with Gasteiger partial charge in [0.1, 0.15) is 39.8 Å². The van der Waals surface area contributed by atoms with Gasteiger partial charge >= 0.3 is 0 Å². The topological polar surface area (TPSA) is 101 Å². The Morgan fingerprint density at radius 2 is 0.583 bits per heavy atom. The smallest absolute Gasteiger partial charge is 0.270 e. The zero-order valence-electron chi connectivity index (χ0n) is 70.7. The minimum atomic E-state index is -0.659.